The maximum absolute atomic E-state index is 5.17. The van der Waals surface area contributed by atoms with Crippen molar-refractivity contribution in [1.29, 1.82) is 0 Å². The van der Waals surface area contributed by atoms with E-state index in [0.717, 1.165) is 11.1 Å². The number of benzene rings is 1. The molecular weight excluding hydrogens is 232 g/mol. The van der Waals surface area contributed by atoms with Crippen LogP contribution in [-0.2, 0) is 0 Å². The maximum Gasteiger partial charge on any atom is 0.256 e. The molecule has 10 N–H and O–H groups in total. The third kappa shape index (κ3) is 5.26. The van der Waals surface area contributed by atoms with Gasteiger partial charge >= 0.3 is 0 Å². The zero-order valence-electron chi connectivity index (χ0n) is 9.67. The van der Waals surface area contributed by atoms with Crippen LogP contribution in [0.25, 0.3) is 0 Å². The van der Waals surface area contributed by atoms with Crippen molar-refractivity contribution in [2.45, 2.75) is 0 Å². The van der Waals surface area contributed by atoms with Gasteiger partial charge in [0, 0.05) is 21.3 Å². The summed E-state index contributed by atoms with van der Waals surface area (Å²) in [6.07, 6.45) is 3.30. The molecule has 1 aromatic rings. The fourth-order valence-electron chi connectivity index (χ4n) is 1.10. The first kappa shape index (κ1) is 13.2. The van der Waals surface area contributed by atoms with Crippen LogP contribution in [0.15, 0.2) is 34.5 Å². The molecule has 0 bridgehead atoms. The second-order valence-corrected chi connectivity index (χ2v) is 3.29. The molecule has 0 heterocycles. The first-order chi connectivity index (χ1) is 8.58. The van der Waals surface area contributed by atoms with E-state index >= 15 is 0 Å². The number of nitrogens with two attached hydrogens (primary N) is 4. The van der Waals surface area contributed by atoms with E-state index in [1.807, 2.05) is 24.3 Å². The minimum Gasteiger partial charge on any atom is -0.365 e. The van der Waals surface area contributed by atoms with Crippen LogP contribution in [0, 0.1) is 0 Å². The molecule has 0 saturated heterocycles. The number of nitrogens with zero attached hydrogens (tertiary/aromatic N) is 2. The molecule has 1 rings (SSSR count). The summed E-state index contributed by atoms with van der Waals surface area (Å²) in [4.78, 5) is 0. The van der Waals surface area contributed by atoms with Crippen molar-refractivity contribution >= 4 is 24.3 Å². The van der Waals surface area contributed by atoms with Crippen molar-refractivity contribution in [3.8, 4) is 0 Å². The van der Waals surface area contributed by atoms with Crippen LogP contribution in [0.2, 0.25) is 0 Å². The largest absolute Gasteiger partial charge is 0.365 e. The zero-order valence-corrected chi connectivity index (χ0v) is 9.67. The maximum atomic E-state index is 5.17. The first-order valence-electron chi connectivity index (χ1n) is 5.03. The van der Waals surface area contributed by atoms with E-state index in [1.165, 1.54) is 0 Å². The Labute approximate surface area is 104 Å². The van der Waals surface area contributed by atoms with Gasteiger partial charge in [-0.15, -0.1) is 10.2 Å². The molecule has 0 spiro atoms. The highest BCUT2D eigenvalue weighted by Gasteiger charge is 1.96. The summed E-state index contributed by atoms with van der Waals surface area (Å²) < 4.78 is 0. The zero-order chi connectivity index (χ0) is 13.4. The number of rotatable bonds is 4. The van der Waals surface area contributed by atoms with Gasteiger partial charge in [-0.05, 0) is 18.2 Å². The molecular formula is C10H16N8+2. The Bertz CT molecular complexity index is 463. The third-order valence-electron chi connectivity index (χ3n) is 1.76. The van der Waals surface area contributed by atoms with E-state index in [2.05, 4.69) is 20.4 Å². The molecule has 94 valence electrons. The Balaban J connectivity index is 2.80. The molecule has 0 fully saturated rings. The van der Waals surface area contributed by atoms with Crippen LogP contribution in [0.5, 0.6) is 0 Å². The van der Waals surface area contributed by atoms with Crippen molar-refractivity contribution in [2.24, 2.45) is 33.1 Å². The molecule has 0 atom stereocenters. The topological polar surface area (TPSA) is 157 Å². The van der Waals surface area contributed by atoms with E-state index in [1.54, 1.807) is 12.4 Å². The Morgan fingerprint density at radius 3 is 1.72 bits per heavy atom. The van der Waals surface area contributed by atoms with Gasteiger partial charge in [0.15, 0.2) is 0 Å². The summed E-state index contributed by atoms with van der Waals surface area (Å²) in [6.45, 7) is 0. The molecule has 0 aliphatic carbocycles. The summed E-state index contributed by atoms with van der Waals surface area (Å²) in [5.74, 6) is -0.0771. The lowest BCUT2D eigenvalue weighted by Gasteiger charge is -1.89. The van der Waals surface area contributed by atoms with Gasteiger partial charge in [-0.3, -0.25) is 0 Å². The highest BCUT2D eigenvalue weighted by molar-refractivity contribution is 5.82. The average molecular weight is 248 g/mol. The predicted octanol–water partition coefficient (Wildman–Crippen LogP) is -4.94. The number of hydrogen-bond acceptors (Lipinski definition) is 2. The summed E-state index contributed by atoms with van der Waals surface area (Å²) in [5, 5.41) is 12.5. The molecule has 0 saturated carbocycles. The molecule has 0 amide bonds. The summed E-state index contributed by atoms with van der Waals surface area (Å²) in [5.41, 5.74) is 22.5. The van der Waals surface area contributed by atoms with Crippen molar-refractivity contribution in [2.75, 3.05) is 0 Å². The fraction of sp³-hybridized carbons (Fsp3) is 0. The van der Waals surface area contributed by atoms with Crippen LogP contribution in [0.4, 0.5) is 0 Å². The van der Waals surface area contributed by atoms with Gasteiger partial charge < -0.3 is 22.9 Å². The van der Waals surface area contributed by atoms with E-state index in [4.69, 9.17) is 22.9 Å². The van der Waals surface area contributed by atoms with Crippen LogP contribution in [0.1, 0.15) is 11.1 Å². The minimum atomic E-state index is -0.0385. The van der Waals surface area contributed by atoms with Crippen LogP contribution in [0.3, 0.4) is 0 Å². The third-order valence-corrected chi connectivity index (χ3v) is 1.76. The van der Waals surface area contributed by atoms with Gasteiger partial charge in [0.2, 0.25) is 12.4 Å². The lowest BCUT2D eigenvalue weighted by Crippen LogP contribution is -2.64. The average Bonchev–Trinajstić information content (AvgIpc) is 2.28. The van der Waals surface area contributed by atoms with Gasteiger partial charge in [-0.1, -0.05) is 6.07 Å². The monoisotopic (exact) mass is 248 g/mol. The smallest absolute Gasteiger partial charge is 0.256 e. The highest BCUT2D eigenvalue weighted by Crippen LogP contribution is 1.98. The molecule has 8 nitrogen and oxygen atoms in total. The lowest BCUT2D eigenvalue weighted by molar-refractivity contribution is -0.456. The van der Waals surface area contributed by atoms with E-state index in [-0.39, 0.29) is 11.9 Å². The van der Waals surface area contributed by atoms with Crippen molar-refractivity contribution in [1.82, 2.24) is 0 Å². The number of guanidine groups is 2. The second-order valence-electron chi connectivity index (χ2n) is 3.29. The fourth-order valence-corrected chi connectivity index (χ4v) is 1.10. The predicted molar refractivity (Wildman–Crippen MR) is 70.3 cm³/mol. The molecule has 8 heteroatoms. The molecule has 18 heavy (non-hydrogen) atoms. The Hall–Kier alpha value is -2.90. The standard InChI is InChI=1S/C10H14N8/c11-9(12)17-15-5-7-2-1-3-8(4-7)6-16-18-10(13)14/h1-6H,(H4,11,12,17)(H4,13,14,18)/p+2/b15-5+,16-6+. The van der Waals surface area contributed by atoms with E-state index in [9.17, 15) is 0 Å². The SMILES string of the molecule is NC(N)=N/[NH+]=C/c1cccc(/C=[NH+]/N=C(N)N)c1. The van der Waals surface area contributed by atoms with E-state index < -0.39 is 0 Å². The Morgan fingerprint density at radius 2 is 1.33 bits per heavy atom. The van der Waals surface area contributed by atoms with Crippen molar-refractivity contribution < 1.29 is 10.2 Å². The van der Waals surface area contributed by atoms with Crippen molar-refractivity contribution in [3.63, 3.8) is 0 Å². The molecule has 0 unspecified atom stereocenters. The van der Waals surface area contributed by atoms with Gasteiger partial charge in [0.1, 0.15) is 0 Å². The molecule has 0 aromatic heterocycles. The molecule has 0 aliphatic heterocycles. The summed E-state index contributed by atoms with van der Waals surface area (Å²) >= 11 is 0. The molecule has 1 aromatic carbocycles. The Kier molecular flexibility index (Phi) is 4.85. The van der Waals surface area contributed by atoms with Crippen molar-refractivity contribution in [3.05, 3.63) is 35.4 Å². The number of hydrogen-bond donors (Lipinski definition) is 6. The first-order valence-corrected chi connectivity index (χ1v) is 5.03. The number of nitrogens with one attached hydrogen (secondary N) is 2. The normalized spacial score (nSPS) is 10.7. The van der Waals surface area contributed by atoms with Crippen LogP contribution >= 0.6 is 0 Å². The quantitative estimate of drug-likeness (QED) is 0.179. The van der Waals surface area contributed by atoms with Crippen LogP contribution < -0.4 is 33.1 Å². The van der Waals surface area contributed by atoms with Gasteiger partial charge in [0.25, 0.3) is 11.9 Å². The Morgan fingerprint density at radius 1 is 0.889 bits per heavy atom. The summed E-state index contributed by atoms with van der Waals surface area (Å²) in [7, 11) is 0. The minimum absolute atomic E-state index is 0.0385. The molecule has 0 radical (unpaired) electrons. The van der Waals surface area contributed by atoms with E-state index in [0.29, 0.717) is 0 Å². The highest BCUT2D eigenvalue weighted by atomic mass is 15.3. The van der Waals surface area contributed by atoms with Crippen LogP contribution in [-0.4, -0.2) is 24.3 Å². The van der Waals surface area contributed by atoms with Gasteiger partial charge in [-0.25, -0.2) is 0 Å². The van der Waals surface area contributed by atoms with Gasteiger partial charge in [0.05, 0.1) is 0 Å². The summed E-state index contributed by atoms with van der Waals surface area (Å²) in [6, 6.07) is 7.51. The molecule has 0 aliphatic rings. The number of hydrazone groups is 2. The van der Waals surface area contributed by atoms with Gasteiger partial charge in [-0.2, -0.15) is 0 Å². The lowest BCUT2D eigenvalue weighted by atomic mass is 10.1. The second kappa shape index (κ2) is 6.63.